The third kappa shape index (κ3) is 7.84. The summed E-state index contributed by atoms with van der Waals surface area (Å²) >= 11 is 0. The Morgan fingerprint density at radius 3 is 1.87 bits per heavy atom. The summed E-state index contributed by atoms with van der Waals surface area (Å²) in [6.07, 6.45) is 6.47. The second-order valence-corrected chi connectivity index (χ2v) is 6.28. The lowest BCUT2D eigenvalue weighted by molar-refractivity contribution is 0.120. The van der Waals surface area contributed by atoms with Gasteiger partial charge in [0, 0.05) is 6.61 Å². The Morgan fingerprint density at radius 1 is 0.933 bits per heavy atom. The summed E-state index contributed by atoms with van der Waals surface area (Å²) in [4.78, 5) is 0. The van der Waals surface area contributed by atoms with Gasteiger partial charge in [0.25, 0.3) is 0 Å². The lowest BCUT2D eigenvalue weighted by Crippen LogP contribution is -2.23. The van der Waals surface area contributed by atoms with Crippen LogP contribution in [0.25, 0.3) is 0 Å². The third-order valence-electron chi connectivity index (χ3n) is 3.28. The zero-order chi connectivity index (χ0) is 11.9. The summed E-state index contributed by atoms with van der Waals surface area (Å²) in [6, 6.07) is 0. The Morgan fingerprint density at radius 2 is 1.47 bits per heavy atom. The minimum atomic E-state index is 0.257. The molecule has 0 spiro atoms. The summed E-state index contributed by atoms with van der Waals surface area (Å²) in [5, 5.41) is 9.31. The van der Waals surface area contributed by atoms with E-state index < -0.39 is 0 Å². The van der Waals surface area contributed by atoms with Crippen molar-refractivity contribution in [2.45, 2.75) is 66.7 Å². The zero-order valence-corrected chi connectivity index (χ0v) is 11.3. The Kier molecular flexibility index (Phi) is 7.25. The number of aliphatic hydroxyl groups excluding tert-OH is 1. The van der Waals surface area contributed by atoms with Crippen molar-refractivity contribution in [2.75, 3.05) is 6.61 Å². The summed E-state index contributed by atoms with van der Waals surface area (Å²) in [6.45, 7) is 11.6. The highest BCUT2D eigenvalue weighted by Crippen LogP contribution is 2.29. The molecule has 0 aliphatic rings. The highest BCUT2D eigenvalue weighted by Gasteiger charge is 2.22. The smallest absolute Gasteiger partial charge is 0.0464 e. The molecule has 0 aromatic carbocycles. The SMILES string of the molecule is CC(C)CCCCCC(CO)C(C)(C)C. The van der Waals surface area contributed by atoms with Gasteiger partial charge in [-0.1, -0.05) is 60.3 Å². The molecular formula is C14H30O. The van der Waals surface area contributed by atoms with E-state index in [9.17, 15) is 5.11 Å². The van der Waals surface area contributed by atoms with Crippen molar-refractivity contribution in [3.05, 3.63) is 0 Å². The maximum Gasteiger partial charge on any atom is 0.0464 e. The van der Waals surface area contributed by atoms with Crippen LogP contribution in [0.3, 0.4) is 0 Å². The van der Waals surface area contributed by atoms with Crippen LogP contribution in [-0.2, 0) is 0 Å². The second kappa shape index (κ2) is 7.27. The predicted molar refractivity (Wildman–Crippen MR) is 68.0 cm³/mol. The zero-order valence-electron chi connectivity index (χ0n) is 11.3. The maximum atomic E-state index is 9.31. The molecule has 0 fully saturated rings. The van der Waals surface area contributed by atoms with E-state index in [-0.39, 0.29) is 5.41 Å². The van der Waals surface area contributed by atoms with Crippen molar-refractivity contribution in [1.82, 2.24) is 0 Å². The minimum absolute atomic E-state index is 0.257. The predicted octanol–water partition coefficient (Wildman–Crippen LogP) is 4.25. The maximum absolute atomic E-state index is 9.31. The first kappa shape index (κ1) is 15.0. The van der Waals surface area contributed by atoms with E-state index in [4.69, 9.17) is 0 Å². The molecule has 92 valence electrons. The number of aliphatic hydroxyl groups is 1. The van der Waals surface area contributed by atoms with Crippen LogP contribution in [0.2, 0.25) is 0 Å². The molecule has 0 radical (unpaired) electrons. The fourth-order valence-electron chi connectivity index (χ4n) is 1.92. The van der Waals surface area contributed by atoms with E-state index in [0.717, 1.165) is 5.92 Å². The molecule has 15 heavy (non-hydrogen) atoms. The van der Waals surface area contributed by atoms with Crippen LogP contribution in [0.4, 0.5) is 0 Å². The molecule has 0 saturated heterocycles. The highest BCUT2D eigenvalue weighted by molar-refractivity contribution is 4.73. The molecule has 0 aromatic heterocycles. The van der Waals surface area contributed by atoms with Crippen molar-refractivity contribution in [3.63, 3.8) is 0 Å². The Bertz CT molecular complexity index is 144. The van der Waals surface area contributed by atoms with Gasteiger partial charge in [0.15, 0.2) is 0 Å². The summed E-state index contributed by atoms with van der Waals surface area (Å²) < 4.78 is 0. The molecule has 0 heterocycles. The lowest BCUT2D eigenvalue weighted by Gasteiger charge is -2.29. The van der Waals surface area contributed by atoms with Crippen LogP contribution < -0.4 is 0 Å². The van der Waals surface area contributed by atoms with Crippen LogP contribution in [0, 0.1) is 17.3 Å². The summed E-state index contributed by atoms with van der Waals surface area (Å²) in [5.74, 6) is 1.30. The van der Waals surface area contributed by atoms with Gasteiger partial charge in [0.05, 0.1) is 0 Å². The van der Waals surface area contributed by atoms with E-state index in [1.54, 1.807) is 0 Å². The second-order valence-electron chi connectivity index (χ2n) is 6.28. The lowest BCUT2D eigenvalue weighted by atomic mass is 9.78. The highest BCUT2D eigenvalue weighted by atomic mass is 16.3. The molecule has 1 N–H and O–H groups in total. The van der Waals surface area contributed by atoms with Crippen LogP contribution in [-0.4, -0.2) is 11.7 Å². The minimum Gasteiger partial charge on any atom is -0.396 e. The van der Waals surface area contributed by atoms with E-state index in [2.05, 4.69) is 34.6 Å². The van der Waals surface area contributed by atoms with Crippen molar-refractivity contribution < 1.29 is 5.11 Å². The van der Waals surface area contributed by atoms with Crippen molar-refractivity contribution in [3.8, 4) is 0 Å². The molecule has 0 rings (SSSR count). The quantitative estimate of drug-likeness (QED) is 0.628. The molecule has 0 aliphatic heterocycles. The molecule has 0 bridgehead atoms. The first-order chi connectivity index (χ1) is 6.88. The fraction of sp³-hybridized carbons (Fsp3) is 1.00. The van der Waals surface area contributed by atoms with Gasteiger partial charge in [-0.25, -0.2) is 0 Å². The molecule has 1 nitrogen and oxygen atoms in total. The van der Waals surface area contributed by atoms with E-state index in [0.29, 0.717) is 12.5 Å². The average molecular weight is 214 g/mol. The number of rotatable bonds is 7. The monoisotopic (exact) mass is 214 g/mol. The Labute approximate surface area is 96.3 Å². The summed E-state index contributed by atoms with van der Waals surface area (Å²) in [7, 11) is 0. The van der Waals surface area contributed by atoms with Gasteiger partial charge in [0.2, 0.25) is 0 Å². The molecule has 1 unspecified atom stereocenters. The van der Waals surface area contributed by atoms with Crippen molar-refractivity contribution in [1.29, 1.82) is 0 Å². The Balaban J connectivity index is 3.56. The molecule has 0 amide bonds. The van der Waals surface area contributed by atoms with Gasteiger partial charge < -0.3 is 5.11 Å². The van der Waals surface area contributed by atoms with Crippen LogP contribution in [0.1, 0.15) is 66.7 Å². The van der Waals surface area contributed by atoms with E-state index >= 15 is 0 Å². The van der Waals surface area contributed by atoms with Gasteiger partial charge in [-0.05, 0) is 23.7 Å². The molecular weight excluding hydrogens is 184 g/mol. The average Bonchev–Trinajstić information content (AvgIpc) is 2.08. The first-order valence-corrected chi connectivity index (χ1v) is 6.48. The van der Waals surface area contributed by atoms with Gasteiger partial charge >= 0.3 is 0 Å². The molecule has 0 aromatic rings. The molecule has 1 atom stereocenters. The van der Waals surface area contributed by atoms with E-state index in [1.807, 2.05) is 0 Å². The van der Waals surface area contributed by atoms with Gasteiger partial charge in [-0.2, -0.15) is 0 Å². The topological polar surface area (TPSA) is 20.2 Å². The third-order valence-corrected chi connectivity index (χ3v) is 3.28. The van der Waals surface area contributed by atoms with Crippen molar-refractivity contribution in [2.24, 2.45) is 17.3 Å². The van der Waals surface area contributed by atoms with Crippen LogP contribution in [0.5, 0.6) is 0 Å². The van der Waals surface area contributed by atoms with Gasteiger partial charge in [0.1, 0.15) is 0 Å². The normalized spacial score (nSPS) is 14.6. The van der Waals surface area contributed by atoms with Crippen LogP contribution in [0.15, 0.2) is 0 Å². The molecule has 0 aliphatic carbocycles. The van der Waals surface area contributed by atoms with Crippen molar-refractivity contribution >= 4 is 0 Å². The van der Waals surface area contributed by atoms with E-state index in [1.165, 1.54) is 32.1 Å². The van der Waals surface area contributed by atoms with Crippen LogP contribution >= 0.6 is 0 Å². The largest absolute Gasteiger partial charge is 0.396 e. The number of unbranched alkanes of at least 4 members (excludes halogenated alkanes) is 2. The van der Waals surface area contributed by atoms with Gasteiger partial charge in [-0.3, -0.25) is 0 Å². The first-order valence-electron chi connectivity index (χ1n) is 6.48. The standard InChI is InChI=1S/C14H30O/c1-12(2)9-7-6-8-10-13(11-15)14(3,4)5/h12-13,15H,6-11H2,1-5H3. The summed E-state index contributed by atoms with van der Waals surface area (Å²) in [5.41, 5.74) is 0.257. The molecule has 0 saturated carbocycles. The fourth-order valence-corrected chi connectivity index (χ4v) is 1.92. The number of hydrogen-bond acceptors (Lipinski definition) is 1. The molecule has 1 heteroatoms. The Hall–Kier alpha value is -0.0400. The van der Waals surface area contributed by atoms with Gasteiger partial charge in [-0.15, -0.1) is 0 Å². The number of hydrogen-bond donors (Lipinski definition) is 1.